The number of carboxylic acids is 1. The van der Waals surface area contributed by atoms with E-state index < -0.39 is 101 Å². The van der Waals surface area contributed by atoms with Crippen LogP contribution in [0, 0.1) is 17.8 Å². The number of cyclic esters (lactones) is 2. The molecule has 32 heteroatoms. The van der Waals surface area contributed by atoms with Gasteiger partial charge in [0.05, 0.1) is 25.7 Å². The quantitative estimate of drug-likeness (QED) is 0.0463. The molecule has 3 aromatic heterocycles. The number of allylic oxidation sites excluding steroid dienone is 2. The second-order valence-electron chi connectivity index (χ2n) is 23.3. The number of hydrogen-bond donors (Lipinski definition) is 4. The molecule has 0 unspecified atom stereocenters. The van der Waals surface area contributed by atoms with Crippen LogP contribution in [0.2, 0.25) is 0 Å². The molecule has 0 aromatic carbocycles. The van der Waals surface area contributed by atoms with Crippen molar-refractivity contribution in [1.82, 2.24) is 29.7 Å². The maximum atomic E-state index is 12.8. The van der Waals surface area contributed by atoms with Crippen LogP contribution in [0.15, 0.2) is 90.6 Å². The van der Waals surface area contributed by atoms with Gasteiger partial charge in [-0.1, -0.05) is 13.0 Å². The van der Waals surface area contributed by atoms with E-state index in [1.807, 2.05) is 6.92 Å². The molecule has 5 aliphatic rings. The first-order valence-corrected chi connectivity index (χ1v) is 28.4. The topological polar surface area (TPSA) is 372 Å². The van der Waals surface area contributed by atoms with Gasteiger partial charge >= 0.3 is 48.7 Å². The van der Waals surface area contributed by atoms with Gasteiger partial charge in [0.15, 0.2) is 5.78 Å². The smallest absolute Gasteiger partial charge is 0.490 e. The van der Waals surface area contributed by atoms with Crippen molar-refractivity contribution in [1.29, 1.82) is 0 Å². The van der Waals surface area contributed by atoms with Gasteiger partial charge in [-0.15, -0.1) is 0 Å². The lowest BCUT2D eigenvalue weighted by Crippen LogP contribution is -2.39. The molecule has 0 radical (unpaired) electrons. The van der Waals surface area contributed by atoms with Crippen molar-refractivity contribution in [3.63, 3.8) is 0 Å². The van der Waals surface area contributed by atoms with Crippen molar-refractivity contribution in [2.24, 2.45) is 0 Å². The number of rotatable bonds is 5. The molecule has 4 aliphatic heterocycles. The summed E-state index contributed by atoms with van der Waals surface area (Å²) in [4.78, 5) is 133. The van der Waals surface area contributed by atoms with E-state index in [1.54, 1.807) is 95.2 Å². The number of nitrogens with zero attached hydrogens (tertiary/aromatic N) is 6. The summed E-state index contributed by atoms with van der Waals surface area (Å²) in [5.41, 5.74) is 1.45. The van der Waals surface area contributed by atoms with E-state index in [9.17, 15) is 65.9 Å². The summed E-state index contributed by atoms with van der Waals surface area (Å²) in [6.45, 7) is 25.9. The van der Waals surface area contributed by atoms with Crippen molar-refractivity contribution >= 4 is 100 Å². The van der Waals surface area contributed by atoms with Gasteiger partial charge in [-0.05, 0) is 154 Å². The lowest BCUT2D eigenvalue weighted by Gasteiger charge is -2.28. The number of imide groups is 3. The van der Waals surface area contributed by atoms with Gasteiger partial charge in [0.25, 0.3) is 23.5 Å². The first-order chi connectivity index (χ1) is 42.7. The lowest BCUT2D eigenvalue weighted by atomic mass is 9.82. The Labute approximate surface area is 540 Å². The average Bonchev–Trinajstić information content (AvgIpc) is 1.75. The van der Waals surface area contributed by atoms with Crippen molar-refractivity contribution in [2.45, 2.75) is 158 Å². The van der Waals surface area contributed by atoms with Crippen LogP contribution in [-0.4, -0.2) is 170 Å². The number of ether oxygens (including phenoxy) is 6. The predicted molar refractivity (Wildman–Crippen MR) is 327 cm³/mol. The van der Waals surface area contributed by atoms with Crippen molar-refractivity contribution in [3.05, 3.63) is 120 Å². The Bertz CT molecular complexity index is 3190. The summed E-state index contributed by atoms with van der Waals surface area (Å²) in [7, 11) is -1.58. The summed E-state index contributed by atoms with van der Waals surface area (Å²) in [6.07, 6.45) is 8.39. The summed E-state index contributed by atoms with van der Waals surface area (Å²) < 4.78 is 66.2. The SMILES string of the molecule is CC(C)(C)OC(=O)N1CC(O)=CC1=O.CC(C)(C)OC(=O)N1CC(c2ccc(F)nc2)=CC1=O.CC(C)OC(=O)Cl.CC1(C)OC(=O)CC(=O)O1.CC1=CC(=O)N(C(=O)OC(C)(C)C)C1.CCC(=O)O.O=C1C=C(c2ccc(F)nc2)CC1.OB(O)c1ccc(F)nc1. The summed E-state index contributed by atoms with van der Waals surface area (Å²) in [5.74, 6) is -5.87. The molecule has 0 bridgehead atoms. The van der Waals surface area contributed by atoms with Crippen LogP contribution in [0.25, 0.3) is 11.1 Å². The molecular formula is C61H77BClF3N6O21. The Balaban J connectivity index is 0.000000546. The largest absolute Gasteiger partial charge is 0.510 e. The molecule has 1 aliphatic carbocycles. The van der Waals surface area contributed by atoms with Gasteiger partial charge in [0, 0.05) is 80.6 Å². The third-order valence-corrected chi connectivity index (χ3v) is 10.6. The number of halogens is 4. The first kappa shape index (κ1) is 81.7. The Morgan fingerprint density at radius 3 is 1.31 bits per heavy atom. The minimum Gasteiger partial charge on any atom is -0.510 e. The molecule has 0 atom stereocenters. The summed E-state index contributed by atoms with van der Waals surface area (Å²) in [6, 6.07) is 7.99. The second kappa shape index (κ2) is 37.2. The number of aromatic nitrogens is 3. The van der Waals surface area contributed by atoms with Crippen LogP contribution in [-0.2, 0) is 62.0 Å². The zero-order valence-corrected chi connectivity index (χ0v) is 54.8. The third kappa shape index (κ3) is 34.6. The van der Waals surface area contributed by atoms with E-state index in [-0.39, 0.29) is 54.9 Å². The number of carboxylic acid groups (broad SMARTS) is 1. The predicted octanol–water partition coefficient (Wildman–Crippen LogP) is 8.63. The number of ketones is 1. The molecule has 6 amide bonds. The van der Waals surface area contributed by atoms with Gasteiger partial charge < -0.3 is 48.7 Å². The van der Waals surface area contributed by atoms with E-state index in [2.05, 4.69) is 29.2 Å². The Morgan fingerprint density at radius 2 is 1.02 bits per heavy atom. The normalized spacial score (nSPS) is 15.3. The van der Waals surface area contributed by atoms with Gasteiger partial charge in [-0.25, -0.2) is 48.8 Å². The highest BCUT2D eigenvalue weighted by Crippen LogP contribution is 2.26. The molecule has 93 heavy (non-hydrogen) atoms. The highest BCUT2D eigenvalue weighted by molar-refractivity contribution is 6.61. The number of aliphatic hydroxyl groups is 1. The number of pyridine rings is 3. The van der Waals surface area contributed by atoms with E-state index >= 15 is 0 Å². The molecule has 7 heterocycles. The highest BCUT2D eigenvalue weighted by Gasteiger charge is 2.35. The first-order valence-electron chi connectivity index (χ1n) is 28.1. The number of esters is 2. The fraction of sp³-hybridized carbons (Fsp3) is 0.443. The number of aliphatic carboxylic acids is 1. The maximum Gasteiger partial charge on any atom is 0.490 e. The highest BCUT2D eigenvalue weighted by atomic mass is 35.5. The van der Waals surface area contributed by atoms with Crippen LogP contribution in [0.1, 0.15) is 141 Å². The Morgan fingerprint density at radius 1 is 0.624 bits per heavy atom. The molecule has 0 spiro atoms. The Kier molecular flexibility index (Phi) is 32.7. The van der Waals surface area contributed by atoms with Gasteiger partial charge in [-0.3, -0.25) is 33.6 Å². The van der Waals surface area contributed by atoms with E-state index in [0.29, 0.717) is 24.1 Å². The summed E-state index contributed by atoms with van der Waals surface area (Å²) >= 11 is 4.81. The number of carbonyl (C=O) groups excluding carboxylic acids is 10. The minimum atomic E-state index is -1.58. The molecule has 0 saturated carbocycles. The van der Waals surface area contributed by atoms with Crippen LogP contribution in [0.3, 0.4) is 0 Å². The van der Waals surface area contributed by atoms with Crippen molar-refractivity contribution in [3.8, 4) is 0 Å². The average molecular weight is 1330 g/mol. The number of hydrogen-bond acceptors (Lipinski definition) is 23. The maximum absolute atomic E-state index is 12.8. The number of aliphatic hydroxyl groups excluding tert-OH is 1. The van der Waals surface area contributed by atoms with Gasteiger partial charge in [0.2, 0.25) is 17.8 Å². The lowest BCUT2D eigenvalue weighted by molar-refractivity contribution is -0.231. The zero-order chi connectivity index (χ0) is 71.5. The molecule has 3 aromatic rings. The molecule has 4 N–H and O–H groups in total. The molecule has 1 saturated heterocycles. The van der Waals surface area contributed by atoms with Gasteiger partial charge in [-0.2, -0.15) is 13.2 Å². The zero-order valence-electron chi connectivity index (χ0n) is 54.0. The van der Waals surface area contributed by atoms with Crippen LogP contribution < -0.4 is 5.46 Å². The fourth-order valence-corrected chi connectivity index (χ4v) is 6.90. The molecule has 1 fully saturated rings. The molecular weight excluding hydrogens is 1260 g/mol. The fourth-order valence-electron chi connectivity index (χ4n) is 6.72. The molecule has 27 nitrogen and oxygen atoms in total. The van der Waals surface area contributed by atoms with Crippen molar-refractivity contribution < 1.29 is 115 Å². The number of amides is 6. The molecule has 508 valence electrons. The standard InChI is InChI=1S/C14H15FN2O3.C10H8FNO.C10H15NO3.C9H13NO4.C6H8O4.C5H5BFNO2.C4H7ClO2.C3H6O2/c1-14(2,3)20-13(19)17-8-10(6-12(17)18)9-4-5-11(15)16-7-9;11-10-4-2-8(6-12-10)7-1-3-9(13)5-7;1-7-5-8(12)11(6-7)9(13)14-10(2,3)4;1-9(2,3)14-8(13)10-5-6(11)4-7(10)12;1-6(2)9-4(7)3-5(8)10-6;7-5-2-1-4(3-8-5)6(9)10;1-3(2)7-4(5)6;1-2-3(4)5/h4-7H,8H2,1-3H3;2,4-6H,1,3H2;5H,6H2,1-4H3;4,11H,5H2,1-3H3;3H2,1-2H3;1-3,9-10H;3H,1-2H3;2H2,1H3,(H,4,5). The monoisotopic (exact) mass is 1330 g/mol. The van der Waals surface area contributed by atoms with E-state index in [1.165, 1.54) is 62.7 Å². The van der Waals surface area contributed by atoms with Crippen LogP contribution in [0.5, 0.6) is 0 Å². The second-order valence-corrected chi connectivity index (χ2v) is 23.7. The van der Waals surface area contributed by atoms with Gasteiger partial charge in [0.1, 0.15) is 29.0 Å². The van der Waals surface area contributed by atoms with Crippen LogP contribution in [0.4, 0.5) is 32.3 Å². The Hall–Kier alpha value is -9.36. The van der Waals surface area contributed by atoms with Crippen LogP contribution >= 0.6 is 11.6 Å². The number of carbonyl (C=O) groups is 11. The van der Waals surface area contributed by atoms with E-state index in [4.69, 9.17) is 46.1 Å². The minimum absolute atomic E-state index is 0.0983. The summed E-state index contributed by atoms with van der Waals surface area (Å²) in [5, 5.41) is 33.7. The third-order valence-electron chi connectivity index (χ3n) is 10.5. The molecule has 8 rings (SSSR count). The van der Waals surface area contributed by atoms with Crippen molar-refractivity contribution in [2.75, 3.05) is 19.6 Å². The van der Waals surface area contributed by atoms with E-state index in [0.717, 1.165) is 56.2 Å².